The van der Waals surface area contributed by atoms with Gasteiger partial charge in [-0.2, -0.15) is 9.79 Å². The van der Waals surface area contributed by atoms with Gasteiger partial charge in [-0.25, -0.2) is 4.79 Å². The molecule has 0 amide bonds. The maximum Gasteiger partial charge on any atom is 0.461 e. The number of benzene rings is 1. The number of carboxylic acid groups (broad SMARTS) is 1. The number of hydrogen-bond acceptors (Lipinski definition) is 4. The summed E-state index contributed by atoms with van der Waals surface area (Å²) in [5, 5.41) is 8.72. The number of rotatable bonds is 3. The minimum absolute atomic E-state index is 0.0617. The number of para-hydroxylation sites is 1. The van der Waals surface area contributed by atoms with E-state index in [1.54, 1.807) is 15.0 Å². The molecule has 7 heteroatoms. The van der Waals surface area contributed by atoms with Crippen molar-refractivity contribution in [3.8, 4) is 5.75 Å². The molecule has 0 spiro atoms. The minimum Gasteiger partial charge on any atom is -0.478 e. The van der Waals surface area contributed by atoms with E-state index in [4.69, 9.17) is 19.4 Å². The highest BCUT2D eigenvalue weighted by molar-refractivity contribution is 8.15. The van der Waals surface area contributed by atoms with Crippen LogP contribution in [0.25, 0.3) is 0 Å². The van der Waals surface area contributed by atoms with Crippen LogP contribution in [-0.2, 0) is 0 Å². The van der Waals surface area contributed by atoms with Gasteiger partial charge in [-0.15, -0.1) is 0 Å². The number of carbonyl (C=O) groups is 1. The molecule has 1 unspecified atom stereocenters. The molecule has 0 aliphatic rings. The van der Waals surface area contributed by atoms with Gasteiger partial charge in [0.1, 0.15) is 14.5 Å². The lowest BCUT2D eigenvalue weighted by atomic mass is 10.2. The molecule has 5 nitrogen and oxygen atoms in total. The van der Waals surface area contributed by atoms with Crippen LogP contribution in [0.3, 0.4) is 0 Å². The third kappa shape index (κ3) is 3.20. The Morgan fingerprint density at radius 3 is 2.43 bits per heavy atom. The predicted molar refractivity (Wildman–Crippen MR) is 55.1 cm³/mol. The van der Waals surface area contributed by atoms with Crippen LogP contribution in [0, 0.1) is 0 Å². The van der Waals surface area contributed by atoms with E-state index in [2.05, 4.69) is 0 Å². The van der Waals surface area contributed by atoms with Crippen molar-refractivity contribution < 1.29 is 24.2 Å². The molecule has 0 fully saturated rings. The molecule has 0 aromatic heterocycles. The first kappa shape index (κ1) is 11.3. The first-order chi connectivity index (χ1) is 6.40. The van der Waals surface area contributed by atoms with Crippen LogP contribution < -0.4 is 4.52 Å². The first-order valence-corrected chi connectivity index (χ1v) is 6.78. The van der Waals surface area contributed by atoms with Gasteiger partial charge in [0.25, 0.3) is 0 Å². The van der Waals surface area contributed by atoms with Gasteiger partial charge >= 0.3 is 13.6 Å². The van der Waals surface area contributed by atoms with Crippen LogP contribution in [0.4, 0.5) is 0 Å². The molecule has 1 aromatic carbocycles. The van der Waals surface area contributed by atoms with Gasteiger partial charge in [0.05, 0.1) is 0 Å². The van der Waals surface area contributed by atoms with Gasteiger partial charge in [0.15, 0.2) is 5.75 Å². The van der Waals surface area contributed by atoms with Crippen molar-refractivity contribution in [2.45, 2.75) is 0 Å². The summed E-state index contributed by atoms with van der Waals surface area (Å²) >= 11 is 0. The normalized spacial score (nSPS) is 11.1. The van der Waals surface area contributed by atoms with Crippen LogP contribution in [0.2, 0.25) is 0 Å². The zero-order valence-corrected chi connectivity index (χ0v) is 9.04. The molecule has 14 heavy (non-hydrogen) atoms. The Morgan fingerprint density at radius 2 is 1.93 bits per heavy atom. The van der Waals surface area contributed by atoms with E-state index in [9.17, 15) is 4.79 Å². The zero-order valence-electron chi connectivity index (χ0n) is 6.99. The second-order valence-electron chi connectivity index (χ2n) is 2.48. The molecule has 0 saturated heterocycles. The third-order valence-electron chi connectivity index (χ3n) is 1.35. The van der Waals surface area contributed by atoms with Crippen LogP contribution in [0.15, 0.2) is 24.3 Å². The van der Waals surface area contributed by atoms with Crippen LogP contribution in [-0.4, -0.2) is 20.9 Å². The Kier molecular flexibility index (Phi) is 3.40. The van der Waals surface area contributed by atoms with E-state index >= 15 is 0 Å². The fraction of sp³-hybridized carbons (Fsp3) is 0. The van der Waals surface area contributed by atoms with Crippen molar-refractivity contribution in [3.63, 3.8) is 0 Å². The summed E-state index contributed by atoms with van der Waals surface area (Å²) in [7, 11) is -1.82. The Balaban J connectivity index is 3.02. The fourth-order valence-corrected chi connectivity index (χ4v) is 1.66. The topological polar surface area (TPSA) is 87.0 Å². The Morgan fingerprint density at radius 1 is 1.36 bits per heavy atom. The average Bonchev–Trinajstić information content (AvgIpc) is 2.01. The second kappa shape index (κ2) is 4.20. The van der Waals surface area contributed by atoms with Gasteiger partial charge in [-0.3, -0.25) is 4.52 Å². The summed E-state index contributed by atoms with van der Waals surface area (Å²) in [6.07, 6.45) is 0. The van der Waals surface area contributed by atoms with Crippen molar-refractivity contribution in [1.29, 1.82) is 0 Å². The van der Waals surface area contributed by atoms with Crippen molar-refractivity contribution in [1.82, 2.24) is 0 Å². The molecule has 0 saturated carbocycles. The minimum atomic E-state index is -3.55. The molecule has 3 N–H and O–H groups in total. The molecule has 0 aliphatic carbocycles. The van der Waals surface area contributed by atoms with Crippen molar-refractivity contribution in [2.24, 2.45) is 0 Å². The van der Waals surface area contributed by atoms with Crippen LogP contribution in [0.1, 0.15) is 10.4 Å². The molecule has 1 aromatic rings. The smallest absolute Gasteiger partial charge is 0.461 e. The zero-order chi connectivity index (χ0) is 10.8. The van der Waals surface area contributed by atoms with Gasteiger partial charge in [-0.05, 0) is 12.1 Å². The summed E-state index contributed by atoms with van der Waals surface area (Å²) in [4.78, 5) is 28.7. The molecule has 0 aliphatic heterocycles. The Bertz CT molecular complexity index is 346. The van der Waals surface area contributed by atoms with Gasteiger partial charge < -0.3 is 5.11 Å². The molecule has 0 radical (unpaired) electrons. The van der Waals surface area contributed by atoms with Gasteiger partial charge in [-0.1, -0.05) is 12.1 Å². The van der Waals surface area contributed by atoms with E-state index < -0.39 is 13.6 Å². The first-order valence-electron chi connectivity index (χ1n) is 3.55. The predicted octanol–water partition coefficient (Wildman–Crippen LogP) is 1.30. The highest BCUT2D eigenvalue weighted by atomic mass is 32.1. The standard InChI is InChI=1S/C7H8O5P2/c8-7(9)5-3-1-2-4-6(5)12-14(10,11)13/h1-4,10-11H,13H2/p+1. The lowest BCUT2D eigenvalue weighted by molar-refractivity contribution is 0.0695. The summed E-state index contributed by atoms with van der Waals surface area (Å²) < 4.78 is 4.70. The fourth-order valence-electron chi connectivity index (χ4n) is 0.868. The molecule has 0 bridgehead atoms. The molecule has 1 rings (SSSR count). The largest absolute Gasteiger partial charge is 0.478 e. The third-order valence-corrected chi connectivity index (χ3v) is 2.13. The summed E-state index contributed by atoms with van der Waals surface area (Å²) in [5.41, 5.74) is -0.109. The lowest BCUT2D eigenvalue weighted by Gasteiger charge is -2.08. The number of aromatic carboxylic acids is 1. The summed E-state index contributed by atoms with van der Waals surface area (Å²) in [6.45, 7) is 0. The maximum absolute atomic E-state index is 10.7. The SMILES string of the molecule is O=C(O)c1ccccc1O[P+](O)(O)P. The van der Waals surface area contributed by atoms with Crippen LogP contribution >= 0.6 is 16.6 Å². The highest BCUT2D eigenvalue weighted by Crippen LogP contribution is 2.59. The maximum atomic E-state index is 10.7. The lowest BCUT2D eigenvalue weighted by Crippen LogP contribution is -2.01. The molecule has 76 valence electrons. The number of hydrogen-bond donors (Lipinski definition) is 3. The van der Waals surface area contributed by atoms with Crippen LogP contribution in [0.5, 0.6) is 5.75 Å². The average molecular weight is 235 g/mol. The molecule has 0 heterocycles. The Labute approximate surface area is 83.0 Å². The van der Waals surface area contributed by atoms with Gasteiger partial charge in [0, 0.05) is 0 Å². The van der Waals surface area contributed by atoms with E-state index in [1.807, 2.05) is 0 Å². The summed E-state index contributed by atoms with van der Waals surface area (Å²) in [6, 6.07) is 5.74. The monoisotopic (exact) mass is 235 g/mol. The van der Waals surface area contributed by atoms with Crippen molar-refractivity contribution >= 4 is 22.5 Å². The quantitative estimate of drug-likeness (QED) is 0.687. The summed E-state index contributed by atoms with van der Waals surface area (Å²) in [5.74, 6) is -1.24. The number of carboxylic acids is 1. The molecule has 1 atom stereocenters. The Hall–Kier alpha value is -0.730. The van der Waals surface area contributed by atoms with Crippen molar-refractivity contribution in [2.75, 3.05) is 0 Å². The second-order valence-corrected chi connectivity index (χ2v) is 5.86. The van der Waals surface area contributed by atoms with Gasteiger partial charge in [0.2, 0.25) is 0 Å². The van der Waals surface area contributed by atoms with E-state index in [-0.39, 0.29) is 11.3 Å². The van der Waals surface area contributed by atoms with E-state index in [0.29, 0.717) is 0 Å². The van der Waals surface area contributed by atoms with E-state index in [1.165, 1.54) is 18.2 Å². The van der Waals surface area contributed by atoms with Crippen molar-refractivity contribution in [3.05, 3.63) is 29.8 Å². The molecular weight excluding hydrogens is 226 g/mol. The highest BCUT2D eigenvalue weighted by Gasteiger charge is 2.31. The van der Waals surface area contributed by atoms with E-state index in [0.717, 1.165) is 0 Å². The molecular formula is C7H9O5P2+.